The first-order valence-corrected chi connectivity index (χ1v) is 7.65. The number of aryl methyl sites for hydroxylation is 2. The van der Waals surface area contributed by atoms with Crippen LogP contribution in [0.15, 0.2) is 23.8 Å². The van der Waals surface area contributed by atoms with Gasteiger partial charge in [0.25, 0.3) is 0 Å². The van der Waals surface area contributed by atoms with Gasteiger partial charge in [-0.15, -0.1) is 0 Å². The predicted molar refractivity (Wildman–Crippen MR) is 87.6 cm³/mol. The first kappa shape index (κ1) is 16.1. The van der Waals surface area contributed by atoms with E-state index in [4.69, 9.17) is 5.73 Å². The van der Waals surface area contributed by atoms with Crippen LogP contribution in [0.25, 0.3) is 0 Å². The molecule has 0 saturated heterocycles. The molecule has 0 aromatic carbocycles. The lowest BCUT2D eigenvalue weighted by Crippen LogP contribution is -2.33. The average molecular weight is 303 g/mol. The summed E-state index contributed by atoms with van der Waals surface area (Å²) >= 11 is 0. The molecule has 2 aromatic rings. The lowest BCUT2D eigenvalue weighted by atomic mass is 10.1. The minimum atomic E-state index is 0.410. The van der Waals surface area contributed by atoms with Gasteiger partial charge in [-0.25, -0.2) is 9.97 Å². The molecule has 0 amide bonds. The summed E-state index contributed by atoms with van der Waals surface area (Å²) in [5.74, 6) is 0.919. The Bertz CT molecular complexity index is 570. The molecule has 2 rings (SSSR count). The van der Waals surface area contributed by atoms with Crippen LogP contribution in [0.2, 0.25) is 0 Å². The topological polar surface area (TPSA) is 108 Å². The normalized spacial score (nSPS) is 13.3. The Hall–Kier alpha value is -2.31. The lowest BCUT2D eigenvalue weighted by Gasteiger charge is -2.09. The number of imidazole rings is 2. The second-order valence-corrected chi connectivity index (χ2v) is 5.62. The quantitative estimate of drug-likeness (QED) is 0.333. The third kappa shape index (κ3) is 5.23. The van der Waals surface area contributed by atoms with E-state index in [9.17, 15) is 0 Å². The SMILES string of the molecule is Cc1[nH]cnc1CC(C)CN=C(N)NCCCc1cnc[nH]1. The number of nitrogens with zero attached hydrogens (tertiary/aromatic N) is 3. The largest absolute Gasteiger partial charge is 0.370 e. The molecule has 0 spiro atoms. The summed E-state index contributed by atoms with van der Waals surface area (Å²) in [4.78, 5) is 18.9. The first-order chi connectivity index (χ1) is 10.6. The van der Waals surface area contributed by atoms with E-state index >= 15 is 0 Å². The highest BCUT2D eigenvalue weighted by Gasteiger charge is 2.07. The minimum absolute atomic E-state index is 0.410. The fourth-order valence-corrected chi connectivity index (χ4v) is 2.21. The van der Waals surface area contributed by atoms with Gasteiger partial charge in [-0.3, -0.25) is 4.99 Å². The van der Waals surface area contributed by atoms with Crippen molar-refractivity contribution in [1.29, 1.82) is 0 Å². The zero-order valence-corrected chi connectivity index (χ0v) is 13.3. The monoisotopic (exact) mass is 303 g/mol. The van der Waals surface area contributed by atoms with Crippen LogP contribution in [0.3, 0.4) is 0 Å². The van der Waals surface area contributed by atoms with Crippen molar-refractivity contribution in [2.45, 2.75) is 33.1 Å². The van der Waals surface area contributed by atoms with Gasteiger partial charge in [0.1, 0.15) is 0 Å². The highest BCUT2D eigenvalue weighted by molar-refractivity contribution is 5.77. The molecular formula is C15H25N7. The summed E-state index contributed by atoms with van der Waals surface area (Å²) in [6, 6.07) is 0. The average Bonchev–Trinajstić information content (AvgIpc) is 3.14. The van der Waals surface area contributed by atoms with Gasteiger partial charge in [0.15, 0.2) is 5.96 Å². The maximum atomic E-state index is 5.88. The molecule has 7 heteroatoms. The summed E-state index contributed by atoms with van der Waals surface area (Å²) < 4.78 is 0. The Balaban J connectivity index is 1.63. The Morgan fingerprint density at radius 1 is 1.41 bits per heavy atom. The molecule has 0 aliphatic heterocycles. The van der Waals surface area contributed by atoms with E-state index in [2.05, 4.69) is 37.2 Å². The predicted octanol–water partition coefficient (Wildman–Crippen LogP) is 1.16. The van der Waals surface area contributed by atoms with Gasteiger partial charge in [0, 0.05) is 30.7 Å². The van der Waals surface area contributed by atoms with E-state index in [0.29, 0.717) is 18.4 Å². The van der Waals surface area contributed by atoms with Gasteiger partial charge in [-0.05, 0) is 32.1 Å². The zero-order valence-electron chi connectivity index (χ0n) is 13.3. The molecule has 1 unspecified atom stereocenters. The summed E-state index contributed by atoms with van der Waals surface area (Å²) in [5.41, 5.74) is 9.25. The van der Waals surface area contributed by atoms with E-state index in [1.54, 1.807) is 12.7 Å². The molecule has 2 heterocycles. The smallest absolute Gasteiger partial charge is 0.188 e. The maximum Gasteiger partial charge on any atom is 0.188 e. The molecule has 0 bridgehead atoms. The van der Waals surface area contributed by atoms with Crippen LogP contribution in [0.5, 0.6) is 0 Å². The Morgan fingerprint density at radius 2 is 2.27 bits per heavy atom. The number of nitrogens with one attached hydrogen (secondary N) is 3. The molecule has 0 saturated carbocycles. The van der Waals surface area contributed by atoms with E-state index in [1.165, 1.54) is 0 Å². The van der Waals surface area contributed by atoms with Crippen molar-refractivity contribution in [2.75, 3.05) is 13.1 Å². The Kier molecular flexibility index (Phi) is 6.00. The molecule has 0 aliphatic rings. The number of hydrogen-bond donors (Lipinski definition) is 4. The number of H-pyrrole nitrogens is 2. The van der Waals surface area contributed by atoms with Crippen LogP contribution >= 0.6 is 0 Å². The van der Waals surface area contributed by atoms with E-state index in [1.807, 2.05) is 13.1 Å². The van der Waals surface area contributed by atoms with Crippen LogP contribution in [0, 0.1) is 12.8 Å². The molecule has 22 heavy (non-hydrogen) atoms. The van der Waals surface area contributed by atoms with Crippen molar-refractivity contribution in [3.05, 3.63) is 35.9 Å². The molecule has 0 aliphatic carbocycles. The van der Waals surface area contributed by atoms with Crippen molar-refractivity contribution < 1.29 is 0 Å². The number of hydrogen-bond acceptors (Lipinski definition) is 3. The molecular weight excluding hydrogens is 278 g/mol. The molecule has 7 nitrogen and oxygen atoms in total. The Labute approximate surface area is 130 Å². The van der Waals surface area contributed by atoms with Crippen molar-refractivity contribution >= 4 is 5.96 Å². The lowest BCUT2D eigenvalue weighted by molar-refractivity contribution is 0.582. The summed E-state index contributed by atoms with van der Waals surface area (Å²) in [5, 5.41) is 3.14. The first-order valence-electron chi connectivity index (χ1n) is 7.65. The minimum Gasteiger partial charge on any atom is -0.370 e. The molecule has 0 radical (unpaired) electrons. The highest BCUT2D eigenvalue weighted by atomic mass is 15.1. The van der Waals surface area contributed by atoms with Crippen molar-refractivity contribution in [3.63, 3.8) is 0 Å². The fourth-order valence-electron chi connectivity index (χ4n) is 2.21. The van der Waals surface area contributed by atoms with Crippen molar-refractivity contribution in [2.24, 2.45) is 16.6 Å². The fraction of sp³-hybridized carbons (Fsp3) is 0.533. The molecule has 0 fully saturated rings. The van der Waals surface area contributed by atoms with Gasteiger partial charge in [-0.1, -0.05) is 6.92 Å². The summed E-state index contributed by atoms with van der Waals surface area (Å²) in [6.07, 6.45) is 8.12. The molecule has 5 N–H and O–H groups in total. The number of guanidine groups is 1. The molecule has 120 valence electrons. The highest BCUT2D eigenvalue weighted by Crippen LogP contribution is 2.09. The maximum absolute atomic E-state index is 5.88. The zero-order chi connectivity index (χ0) is 15.8. The third-order valence-corrected chi connectivity index (χ3v) is 3.53. The van der Waals surface area contributed by atoms with Gasteiger partial charge in [0.2, 0.25) is 0 Å². The van der Waals surface area contributed by atoms with Crippen LogP contribution in [0.1, 0.15) is 30.4 Å². The molecule has 1 atom stereocenters. The van der Waals surface area contributed by atoms with Gasteiger partial charge < -0.3 is 21.0 Å². The van der Waals surface area contributed by atoms with Crippen molar-refractivity contribution in [3.8, 4) is 0 Å². The van der Waals surface area contributed by atoms with Crippen LogP contribution in [0.4, 0.5) is 0 Å². The standard InChI is InChI=1S/C15H25N7/c1-11(6-14-12(2)20-10-22-14)7-19-15(16)18-5-3-4-13-8-17-9-21-13/h8-11H,3-7H2,1-2H3,(H,17,21)(H,20,22)(H3,16,18,19). The number of nitrogens with two attached hydrogens (primary N) is 1. The van der Waals surface area contributed by atoms with Crippen LogP contribution < -0.4 is 11.1 Å². The van der Waals surface area contributed by atoms with Crippen molar-refractivity contribution in [1.82, 2.24) is 25.3 Å². The summed E-state index contributed by atoms with van der Waals surface area (Å²) in [6.45, 7) is 5.70. The van der Waals surface area contributed by atoms with E-state index in [0.717, 1.165) is 42.9 Å². The number of aliphatic imine (C=N–C) groups is 1. The van der Waals surface area contributed by atoms with E-state index in [-0.39, 0.29) is 0 Å². The van der Waals surface area contributed by atoms with Gasteiger partial charge in [0.05, 0.1) is 18.3 Å². The van der Waals surface area contributed by atoms with Crippen LogP contribution in [-0.2, 0) is 12.8 Å². The summed E-state index contributed by atoms with van der Waals surface area (Å²) in [7, 11) is 0. The van der Waals surface area contributed by atoms with Gasteiger partial charge >= 0.3 is 0 Å². The van der Waals surface area contributed by atoms with Crippen LogP contribution in [-0.4, -0.2) is 39.0 Å². The second kappa shape index (κ2) is 8.21. The van der Waals surface area contributed by atoms with Gasteiger partial charge in [-0.2, -0.15) is 0 Å². The Morgan fingerprint density at radius 3 is 2.95 bits per heavy atom. The van der Waals surface area contributed by atoms with E-state index < -0.39 is 0 Å². The number of aromatic amines is 2. The molecule has 2 aromatic heterocycles. The third-order valence-electron chi connectivity index (χ3n) is 3.53. The number of aromatic nitrogens is 4. The number of rotatable bonds is 8. The second-order valence-electron chi connectivity index (χ2n) is 5.62.